The van der Waals surface area contributed by atoms with E-state index in [1.807, 2.05) is 41.0 Å². The highest BCUT2D eigenvalue weighted by molar-refractivity contribution is 5.75. The summed E-state index contributed by atoms with van der Waals surface area (Å²) >= 11 is 0. The molecule has 1 aliphatic rings. The molecule has 180 valence electrons. The summed E-state index contributed by atoms with van der Waals surface area (Å²) in [5.74, 6) is -2.02. The van der Waals surface area contributed by atoms with Crippen LogP contribution in [0.2, 0.25) is 0 Å². The second-order valence-corrected chi connectivity index (χ2v) is 7.72. The van der Waals surface area contributed by atoms with Gasteiger partial charge in [0.15, 0.2) is 11.2 Å². The number of aliphatic carboxylic acids is 1. The lowest BCUT2D eigenvalue weighted by Gasteiger charge is -2.31. The molecule has 2 aromatic heterocycles. The van der Waals surface area contributed by atoms with E-state index >= 15 is 0 Å². The number of carboxylic acid groups (broad SMARTS) is 1. The van der Waals surface area contributed by atoms with Crippen LogP contribution in [-0.2, 0) is 18.4 Å². The number of alkyl halides is 3. The maximum atomic E-state index is 12.9. The molecule has 1 saturated heterocycles. The van der Waals surface area contributed by atoms with Gasteiger partial charge in [0.05, 0.1) is 6.54 Å². The molecule has 3 aromatic rings. The third-order valence-corrected chi connectivity index (χ3v) is 5.23. The molecule has 0 spiro atoms. The Morgan fingerprint density at radius 2 is 1.94 bits per heavy atom. The summed E-state index contributed by atoms with van der Waals surface area (Å²) in [4.78, 5) is 32.9. The van der Waals surface area contributed by atoms with E-state index in [-0.39, 0.29) is 17.4 Å². The number of carboxylic acids is 1. The number of imidazole rings is 1. The molecule has 4 rings (SSSR count). The number of rotatable bonds is 3. The Hall–Kier alpha value is -3.92. The number of aromatic nitrogens is 4. The van der Waals surface area contributed by atoms with Gasteiger partial charge in [0.2, 0.25) is 11.8 Å². The van der Waals surface area contributed by atoms with Gasteiger partial charge in [-0.15, -0.1) is 0 Å². The Labute approximate surface area is 191 Å². The van der Waals surface area contributed by atoms with Crippen molar-refractivity contribution in [3.05, 3.63) is 52.1 Å². The van der Waals surface area contributed by atoms with Crippen molar-refractivity contribution in [2.24, 2.45) is 12.8 Å². The smallest absolute Gasteiger partial charge is 0.475 e. The van der Waals surface area contributed by atoms with Gasteiger partial charge in [0.1, 0.15) is 6.07 Å². The Bertz CT molecular complexity index is 1280. The third-order valence-electron chi connectivity index (χ3n) is 5.23. The minimum atomic E-state index is -5.08. The molecule has 34 heavy (non-hydrogen) atoms. The number of halogens is 3. The molecule has 3 N–H and O–H groups in total. The van der Waals surface area contributed by atoms with Gasteiger partial charge in [-0.05, 0) is 18.4 Å². The van der Waals surface area contributed by atoms with Crippen molar-refractivity contribution < 1.29 is 23.1 Å². The standard InChI is InChI=1S/C19H21N7O.C2HF3O2/c1-24-15(10-20)22-17-16(18(24)27)26(11-13-6-3-2-4-7-13)19(23-17)25-9-5-8-14(21)12-25;3-2(4,5)1(6)7/h2-4,6-7,14H,5,8-9,11-12,21H2,1H3;(H,6,7). The fraction of sp³-hybridized carbons (Fsp3) is 0.381. The molecule has 1 fully saturated rings. The number of nitriles is 1. The van der Waals surface area contributed by atoms with Crippen molar-refractivity contribution in [2.75, 3.05) is 18.0 Å². The van der Waals surface area contributed by atoms with Crippen LogP contribution in [0.4, 0.5) is 19.1 Å². The van der Waals surface area contributed by atoms with E-state index in [9.17, 15) is 23.2 Å². The summed E-state index contributed by atoms with van der Waals surface area (Å²) < 4.78 is 34.9. The SMILES string of the molecule is Cn1c(C#N)nc2nc(N3CCCC(N)C3)n(Cc3ccccc3)c2c1=O.O=C(O)C(F)(F)F. The van der Waals surface area contributed by atoms with Crippen LogP contribution in [-0.4, -0.2) is 55.5 Å². The molecule has 1 atom stereocenters. The number of hydrogen-bond acceptors (Lipinski definition) is 7. The Morgan fingerprint density at radius 3 is 2.50 bits per heavy atom. The molecule has 0 aliphatic carbocycles. The lowest BCUT2D eigenvalue weighted by Crippen LogP contribution is -2.44. The summed E-state index contributed by atoms with van der Waals surface area (Å²) in [6.45, 7) is 2.02. The molecule has 0 radical (unpaired) electrons. The number of nitrogens with zero attached hydrogens (tertiary/aromatic N) is 6. The fourth-order valence-electron chi connectivity index (χ4n) is 3.60. The molecule has 0 amide bonds. The first-order chi connectivity index (χ1) is 16.0. The molecule has 0 bridgehead atoms. The van der Waals surface area contributed by atoms with Crippen molar-refractivity contribution in [3.63, 3.8) is 0 Å². The maximum absolute atomic E-state index is 12.9. The number of nitrogens with two attached hydrogens (primary N) is 1. The highest BCUT2D eigenvalue weighted by atomic mass is 19.4. The van der Waals surface area contributed by atoms with Crippen LogP contribution in [0.25, 0.3) is 11.2 Å². The zero-order chi connectivity index (χ0) is 25.0. The van der Waals surface area contributed by atoms with Gasteiger partial charge in [-0.1, -0.05) is 30.3 Å². The minimum Gasteiger partial charge on any atom is -0.475 e. The van der Waals surface area contributed by atoms with E-state index in [0.717, 1.165) is 24.9 Å². The van der Waals surface area contributed by atoms with Crippen LogP contribution >= 0.6 is 0 Å². The summed E-state index contributed by atoms with van der Waals surface area (Å²) in [5.41, 5.74) is 7.66. The van der Waals surface area contributed by atoms with E-state index in [2.05, 4.69) is 14.9 Å². The van der Waals surface area contributed by atoms with Crippen LogP contribution in [0.15, 0.2) is 35.1 Å². The molecular formula is C21H22F3N7O3. The predicted octanol–water partition coefficient (Wildman–Crippen LogP) is 1.61. The van der Waals surface area contributed by atoms with Gasteiger partial charge in [-0.2, -0.15) is 28.4 Å². The minimum absolute atomic E-state index is 0.0544. The van der Waals surface area contributed by atoms with Crippen molar-refractivity contribution in [1.82, 2.24) is 19.1 Å². The number of anilines is 1. The lowest BCUT2D eigenvalue weighted by atomic mass is 10.1. The third kappa shape index (κ3) is 5.34. The van der Waals surface area contributed by atoms with Gasteiger partial charge in [0.25, 0.3) is 5.56 Å². The fourth-order valence-corrected chi connectivity index (χ4v) is 3.60. The van der Waals surface area contributed by atoms with Gasteiger partial charge < -0.3 is 15.7 Å². The average molecular weight is 477 g/mol. The van der Waals surface area contributed by atoms with E-state index in [0.29, 0.717) is 30.2 Å². The number of fused-ring (bicyclic) bond motifs is 1. The van der Waals surface area contributed by atoms with Gasteiger partial charge in [-0.3, -0.25) is 13.9 Å². The zero-order valence-corrected chi connectivity index (χ0v) is 18.2. The maximum Gasteiger partial charge on any atom is 0.490 e. The molecule has 10 nitrogen and oxygen atoms in total. The van der Waals surface area contributed by atoms with Crippen molar-refractivity contribution in [3.8, 4) is 6.07 Å². The normalized spacial score (nSPS) is 16.0. The van der Waals surface area contributed by atoms with Crippen molar-refractivity contribution >= 4 is 23.1 Å². The zero-order valence-electron chi connectivity index (χ0n) is 18.2. The molecule has 1 aliphatic heterocycles. The first-order valence-electron chi connectivity index (χ1n) is 10.2. The number of piperidine rings is 1. The second-order valence-electron chi connectivity index (χ2n) is 7.72. The molecule has 1 unspecified atom stereocenters. The van der Waals surface area contributed by atoms with Crippen LogP contribution < -0.4 is 16.2 Å². The monoisotopic (exact) mass is 477 g/mol. The predicted molar refractivity (Wildman–Crippen MR) is 116 cm³/mol. The molecule has 13 heteroatoms. The van der Waals surface area contributed by atoms with E-state index in [1.165, 1.54) is 4.57 Å². The highest BCUT2D eigenvalue weighted by Crippen LogP contribution is 2.24. The number of benzene rings is 1. The van der Waals surface area contributed by atoms with Crippen LogP contribution in [0.5, 0.6) is 0 Å². The first kappa shape index (κ1) is 24.7. The Morgan fingerprint density at radius 1 is 1.29 bits per heavy atom. The largest absolute Gasteiger partial charge is 0.490 e. The van der Waals surface area contributed by atoms with Crippen molar-refractivity contribution in [1.29, 1.82) is 5.26 Å². The quantitative estimate of drug-likeness (QED) is 0.579. The highest BCUT2D eigenvalue weighted by Gasteiger charge is 2.38. The number of hydrogen-bond donors (Lipinski definition) is 2. The summed E-state index contributed by atoms with van der Waals surface area (Å²) in [7, 11) is 1.56. The second kappa shape index (κ2) is 9.92. The average Bonchev–Trinajstić information content (AvgIpc) is 3.15. The topological polar surface area (TPSA) is 143 Å². The van der Waals surface area contributed by atoms with Crippen molar-refractivity contribution in [2.45, 2.75) is 31.6 Å². The molecular weight excluding hydrogens is 455 g/mol. The van der Waals surface area contributed by atoms with E-state index < -0.39 is 12.1 Å². The van der Waals surface area contributed by atoms with Crippen LogP contribution in [0.1, 0.15) is 24.2 Å². The van der Waals surface area contributed by atoms with Gasteiger partial charge in [0, 0.05) is 26.2 Å². The van der Waals surface area contributed by atoms with Crippen LogP contribution in [0, 0.1) is 11.3 Å². The number of carbonyl (C=O) groups is 1. The summed E-state index contributed by atoms with van der Waals surface area (Å²) in [5, 5.41) is 16.4. The molecule has 1 aromatic carbocycles. The lowest BCUT2D eigenvalue weighted by molar-refractivity contribution is -0.192. The van der Waals surface area contributed by atoms with E-state index in [4.69, 9.17) is 15.6 Å². The molecule has 3 heterocycles. The molecule has 0 saturated carbocycles. The van der Waals surface area contributed by atoms with Crippen LogP contribution in [0.3, 0.4) is 0 Å². The van der Waals surface area contributed by atoms with E-state index in [1.54, 1.807) is 7.05 Å². The first-order valence-corrected chi connectivity index (χ1v) is 10.2. The summed E-state index contributed by atoms with van der Waals surface area (Å²) in [6, 6.07) is 12.0. The Balaban J connectivity index is 0.000000406. The van der Waals surface area contributed by atoms with Gasteiger partial charge >= 0.3 is 12.1 Å². The van der Waals surface area contributed by atoms with Gasteiger partial charge in [-0.25, -0.2) is 4.79 Å². The Kier molecular flexibility index (Phi) is 7.21. The summed E-state index contributed by atoms with van der Waals surface area (Å²) in [6.07, 6.45) is -3.13.